The van der Waals surface area contributed by atoms with Gasteiger partial charge < -0.3 is 0 Å². The summed E-state index contributed by atoms with van der Waals surface area (Å²) in [6, 6.07) is 19.2. The van der Waals surface area contributed by atoms with Gasteiger partial charge in [-0.25, -0.2) is 8.42 Å². The molecule has 112 valence electrons. The van der Waals surface area contributed by atoms with Gasteiger partial charge in [0, 0.05) is 0 Å². The van der Waals surface area contributed by atoms with Crippen LogP contribution in [0, 0.1) is 0 Å². The Labute approximate surface area is 142 Å². The molecule has 0 aliphatic heterocycles. The van der Waals surface area contributed by atoms with Crippen molar-refractivity contribution in [1.29, 1.82) is 0 Å². The lowest BCUT2D eigenvalue weighted by Crippen LogP contribution is -2.17. The van der Waals surface area contributed by atoms with Gasteiger partial charge in [-0.2, -0.15) is 0 Å². The van der Waals surface area contributed by atoms with Gasteiger partial charge in [0.05, 0.1) is 21.2 Å². The van der Waals surface area contributed by atoms with Crippen LogP contribution < -0.4 is 0 Å². The normalized spacial score (nSPS) is 14.6. The first-order chi connectivity index (χ1) is 9.98. The Balaban J connectivity index is 2.02. The lowest BCUT2D eigenvalue weighted by molar-refractivity contribution is 0.594. The molecule has 0 unspecified atom stereocenters. The number of benzene rings is 2. The van der Waals surface area contributed by atoms with E-state index in [0.29, 0.717) is 0 Å². The van der Waals surface area contributed by atoms with Gasteiger partial charge in [-0.3, -0.25) is 0 Å². The quantitative estimate of drug-likeness (QED) is 0.622. The summed E-state index contributed by atoms with van der Waals surface area (Å²) in [6.07, 6.45) is 0. The Hall–Kier alpha value is -0.650. The molecule has 0 saturated carbocycles. The van der Waals surface area contributed by atoms with Crippen molar-refractivity contribution in [2.24, 2.45) is 0 Å². The maximum absolute atomic E-state index is 12.3. The van der Waals surface area contributed by atoms with E-state index < -0.39 is 9.84 Å². The molecule has 2 aromatic rings. The Morgan fingerprint density at radius 2 is 1.05 bits per heavy atom. The van der Waals surface area contributed by atoms with Crippen LogP contribution in [0.5, 0.6) is 0 Å². The van der Waals surface area contributed by atoms with Crippen molar-refractivity contribution in [3.05, 3.63) is 71.8 Å². The van der Waals surface area contributed by atoms with E-state index >= 15 is 0 Å². The van der Waals surface area contributed by atoms with Gasteiger partial charge in [0.25, 0.3) is 0 Å². The molecule has 0 heterocycles. The van der Waals surface area contributed by atoms with Crippen LogP contribution in [0.25, 0.3) is 0 Å². The molecule has 21 heavy (non-hydrogen) atoms. The van der Waals surface area contributed by atoms with Crippen molar-refractivity contribution in [3.63, 3.8) is 0 Å². The number of hydrogen-bond acceptors (Lipinski definition) is 2. The Morgan fingerprint density at radius 3 is 1.38 bits per heavy atom. The molecule has 5 heteroatoms. The minimum absolute atomic E-state index is 0.0892. The second kappa shape index (κ2) is 7.56. The summed E-state index contributed by atoms with van der Waals surface area (Å²) in [5.74, 6) is 0.178. The van der Waals surface area contributed by atoms with Gasteiger partial charge in [-0.05, 0) is 11.1 Å². The van der Waals surface area contributed by atoms with Crippen LogP contribution in [0.15, 0.2) is 60.7 Å². The maximum atomic E-state index is 12.3. The zero-order valence-corrected chi connectivity index (χ0v) is 15.3. The average molecular weight is 432 g/mol. The minimum Gasteiger partial charge on any atom is -0.229 e. The third-order valence-electron chi connectivity index (χ3n) is 3.12. The van der Waals surface area contributed by atoms with Crippen LogP contribution in [0.3, 0.4) is 0 Å². The number of alkyl halides is 2. The van der Waals surface area contributed by atoms with Crippen LogP contribution in [0.1, 0.15) is 20.8 Å². The van der Waals surface area contributed by atoms with Crippen molar-refractivity contribution in [3.8, 4) is 0 Å². The highest BCUT2D eigenvalue weighted by atomic mass is 79.9. The smallest absolute Gasteiger partial charge is 0.153 e. The minimum atomic E-state index is -3.17. The number of rotatable bonds is 6. The Morgan fingerprint density at radius 1 is 0.714 bits per heavy atom. The van der Waals surface area contributed by atoms with Crippen molar-refractivity contribution < 1.29 is 8.42 Å². The van der Waals surface area contributed by atoms with E-state index in [-0.39, 0.29) is 21.2 Å². The third kappa shape index (κ3) is 5.24. The zero-order chi connectivity index (χ0) is 15.3. The molecule has 0 bridgehead atoms. The SMILES string of the molecule is O=S(=O)(C[C@@H](Br)c1ccccc1)C[C@H](Br)c1ccccc1. The van der Waals surface area contributed by atoms with Crippen molar-refractivity contribution in [1.82, 2.24) is 0 Å². The summed E-state index contributed by atoms with van der Waals surface area (Å²) in [7, 11) is -3.17. The fourth-order valence-electron chi connectivity index (χ4n) is 2.03. The summed E-state index contributed by atoms with van der Waals surface area (Å²) in [4.78, 5) is -0.363. The van der Waals surface area contributed by atoms with Crippen LogP contribution in [-0.2, 0) is 9.84 Å². The number of sulfone groups is 1. The van der Waals surface area contributed by atoms with E-state index in [0.717, 1.165) is 11.1 Å². The standard InChI is InChI=1S/C16H16Br2O2S/c17-15(13-7-3-1-4-8-13)11-21(19,20)12-16(18)14-9-5-2-6-10-14/h1-10,15-16H,11-12H2/t15-,16+. The molecule has 0 aliphatic rings. The van der Waals surface area contributed by atoms with E-state index in [9.17, 15) is 8.42 Å². The first-order valence-corrected chi connectivity index (χ1v) is 10.2. The first kappa shape index (κ1) is 16.7. The zero-order valence-electron chi connectivity index (χ0n) is 11.3. The molecule has 0 N–H and O–H groups in total. The lowest BCUT2D eigenvalue weighted by Gasteiger charge is -2.14. The Kier molecular flexibility index (Phi) is 6.02. The monoisotopic (exact) mass is 430 g/mol. The highest BCUT2D eigenvalue weighted by Crippen LogP contribution is 2.29. The van der Waals surface area contributed by atoms with Gasteiger partial charge in [-0.15, -0.1) is 0 Å². The number of halogens is 2. The van der Waals surface area contributed by atoms with E-state index in [1.165, 1.54) is 0 Å². The predicted molar refractivity (Wildman–Crippen MR) is 94.9 cm³/mol. The van der Waals surface area contributed by atoms with Gasteiger partial charge >= 0.3 is 0 Å². The predicted octanol–water partition coefficient (Wildman–Crippen LogP) is 4.67. The summed E-state index contributed by atoms with van der Waals surface area (Å²) in [5, 5.41) is 0. The maximum Gasteiger partial charge on any atom is 0.153 e. The third-order valence-corrected chi connectivity index (χ3v) is 7.37. The highest BCUT2D eigenvalue weighted by molar-refractivity contribution is 9.09. The van der Waals surface area contributed by atoms with E-state index in [2.05, 4.69) is 31.9 Å². The fourth-order valence-corrected chi connectivity index (χ4v) is 6.47. The van der Waals surface area contributed by atoms with E-state index in [1.54, 1.807) is 0 Å². The molecule has 0 aromatic heterocycles. The summed E-state index contributed by atoms with van der Waals surface area (Å²) < 4.78 is 24.7. The molecule has 0 amide bonds. The molecule has 0 spiro atoms. The van der Waals surface area contributed by atoms with Crippen molar-refractivity contribution in [2.75, 3.05) is 11.5 Å². The average Bonchev–Trinajstić information content (AvgIpc) is 2.48. The Bertz CT molecular complexity index is 604. The summed E-state index contributed by atoms with van der Waals surface area (Å²) in [6.45, 7) is 0. The molecule has 2 atom stereocenters. The molecular formula is C16H16Br2O2S. The van der Waals surface area contributed by atoms with E-state index in [4.69, 9.17) is 0 Å². The second-order valence-electron chi connectivity index (χ2n) is 4.83. The summed E-state index contributed by atoms with van der Waals surface area (Å²) in [5.41, 5.74) is 1.96. The van der Waals surface area contributed by atoms with Gasteiger partial charge in [0.15, 0.2) is 9.84 Å². The molecule has 0 saturated heterocycles. The molecule has 2 nitrogen and oxygen atoms in total. The molecule has 2 rings (SSSR count). The van der Waals surface area contributed by atoms with Crippen LogP contribution in [0.2, 0.25) is 0 Å². The molecule has 0 fully saturated rings. The fraction of sp³-hybridized carbons (Fsp3) is 0.250. The molecule has 0 radical (unpaired) electrons. The van der Waals surface area contributed by atoms with E-state index in [1.807, 2.05) is 60.7 Å². The molecule has 0 aliphatic carbocycles. The van der Waals surface area contributed by atoms with Gasteiger partial charge in [0.2, 0.25) is 0 Å². The number of hydrogen-bond donors (Lipinski definition) is 0. The largest absolute Gasteiger partial charge is 0.229 e. The second-order valence-corrected chi connectivity index (χ2v) is 9.20. The molecule has 2 aromatic carbocycles. The first-order valence-electron chi connectivity index (χ1n) is 6.56. The van der Waals surface area contributed by atoms with Gasteiger partial charge in [-0.1, -0.05) is 92.5 Å². The molecular weight excluding hydrogens is 416 g/mol. The van der Waals surface area contributed by atoms with Crippen molar-refractivity contribution >= 4 is 41.7 Å². The van der Waals surface area contributed by atoms with Crippen LogP contribution in [0.4, 0.5) is 0 Å². The van der Waals surface area contributed by atoms with Crippen LogP contribution in [-0.4, -0.2) is 19.9 Å². The van der Waals surface area contributed by atoms with Crippen LogP contribution >= 0.6 is 31.9 Å². The summed E-state index contributed by atoms with van der Waals surface area (Å²) >= 11 is 6.95. The highest BCUT2D eigenvalue weighted by Gasteiger charge is 2.22. The van der Waals surface area contributed by atoms with Crippen molar-refractivity contribution in [2.45, 2.75) is 9.65 Å². The van der Waals surface area contributed by atoms with Gasteiger partial charge in [0.1, 0.15) is 0 Å². The topological polar surface area (TPSA) is 34.1 Å². The lowest BCUT2D eigenvalue weighted by atomic mass is 10.2.